The molecule has 1 aliphatic heterocycles. The van der Waals surface area contributed by atoms with Crippen LogP contribution in [0.4, 0.5) is 0 Å². The molecular formula is C15H25N3O3S. The van der Waals surface area contributed by atoms with E-state index in [9.17, 15) is 8.42 Å². The number of sulfonamides is 1. The summed E-state index contributed by atoms with van der Waals surface area (Å²) >= 11 is 0. The number of nitrogens with zero attached hydrogens (tertiary/aromatic N) is 3. The number of hydrogen-bond acceptors (Lipinski definition) is 5. The molecule has 1 aromatic rings. The van der Waals surface area contributed by atoms with Crippen LogP contribution in [0.25, 0.3) is 0 Å². The van der Waals surface area contributed by atoms with Crippen molar-refractivity contribution in [2.45, 2.75) is 57.8 Å². The normalized spacial score (nSPS) is 25.4. The summed E-state index contributed by atoms with van der Waals surface area (Å²) in [5.74, 6) is 1.87. The molecule has 1 atom stereocenters. The Labute approximate surface area is 132 Å². The van der Waals surface area contributed by atoms with Gasteiger partial charge in [0.05, 0.1) is 11.7 Å². The van der Waals surface area contributed by atoms with Crippen LogP contribution in [0.1, 0.15) is 62.6 Å². The van der Waals surface area contributed by atoms with E-state index in [0.29, 0.717) is 36.5 Å². The van der Waals surface area contributed by atoms with Gasteiger partial charge in [0.15, 0.2) is 5.82 Å². The average molecular weight is 327 g/mol. The van der Waals surface area contributed by atoms with E-state index in [1.807, 2.05) is 0 Å². The predicted molar refractivity (Wildman–Crippen MR) is 82.9 cm³/mol. The Hall–Kier alpha value is -0.950. The lowest BCUT2D eigenvalue weighted by molar-refractivity contribution is 0.263. The van der Waals surface area contributed by atoms with E-state index in [1.165, 1.54) is 19.3 Å². The van der Waals surface area contributed by atoms with Crippen LogP contribution in [0.15, 0.2) is 4.52 Å². The minimum Gasteiger partial charge on any atom is -0.339 e. The molecule has 1 saturated carbocycles. The average Bonchev–Trinajstić information content (AvgIpc) is 2.95. The van der Waals surface area contributed by atoms with E-state index in [0.717, 1.165) is 25.7 Å². The zero-order valence-corrected chi connectivity index (χ0v) is 14.0. The number of aromatic nitrogens is 2. The van der Waals surface area contributed by atoms with Gasteiger partial charge in [-0.25, -0.2) is 12.7 Å². The SMILES string of the molecule is Cc1noc([C@@H]2CCCN(S(=O)(=O)CC3CCCCC3)C2)n1. The number of aryl methyl sites for hydroxylation is 1. The second-order valence-corrected chi connectivity index (χ2v) is 8.67. The first-order valence-electron chi connectivity index (χ1n) is 8.32. The van der Waals surface area contributed by atoms with Crippen LogP contribution in [0.5, 0.6) is 0 Å². The lowest BCUT2D eigenvalue weighted by atomic mass is 9.91. The van der Waals surface area contributed by atoms with Gasteiger partial charge in [-0.2, -0.15) is 4.98 Å². The standard InChI is InChI=1S/C15H25N3O3S/c1-12-16-15(21-17-12)14-8-5-9-18(10-14)22(19,20)11-13-6-3-2-4-7-13/h13-14H,2-11H2,1H3/t14-/m1/s1. The van der Waals surface area contributed by atoms with E-state index in [4.69, 9.17) is 4.52 Å². The highest BCUT2D eigenvalue weighted by Gasteiger charge is 2.33. The number of hydrogen-bond donors (Lipinski definition) is 0. The summed E-state index contributed by atoms with van der Waals surface area (Å²) in [5.41, 5.74) is 0. The van der Waals surface area contributed by atoms with Crippen LogP contribution in [0, 0.1) is 12.8 Å². The van der Waals surface area contributed by atoms with Gasteiger partial charge in [0.25, 0.3) is 0 Å². The molecule has 1 aliphatic carbocycles. The number of piperidine rings is 1. The molecule has 2 aliphatic rings. The van der Waals surface area contributed by atoms with E-state index in [-0.39, 0.29) is 5.92 Å². The first kappa shape index (κ1) is 15.9. The van der Waals surface area contributed by atoms with Gasteiger partial charge in [-0.05, 0) is 38.5 Å². The molecule has 0 unspecified atom stereocenters. The van der Waals surface area contributed by atoms with E-state index < -0.39 is 10.0 Å². The highest BCUT2D eigenvalue weighted by molar-refractivity contribution is 7.89. The lowest BCUT2D eigenvalue weighted by Gasteiger charge is -2.32. The van der Waals surface area contributed by atoms with E-state index >= 15 is 0 Å². The van der Waals surface area contributed by atoms with Crippen molar-refractivity contribution < 1.29 is 12.9 Å². The smallest absolute Gasteiger partial charge is 0.231 e. The topological polar surface area (TPSA) is 76.3 Å². The first-order chi connectivity index (χ1) is 10.5. The molecule has 0 spiro atoms. The van der Waals surface area contributed by atoms with Gasteiger partial charge in [0, 0.05) is 13.1 Å². The van der Waals surface area contributed by atoms with Crippen molar-refractivity contribution in [3.63, 3.8) is 0 Å². The summed E-state index contributed by atoms with van der Waals surface area (Å²) < 4.78 is 32.3. The number of rotatable bonds is 4. The van der Waals surface area contributed by atoms with Crippen molar-refractivity contribution in [2.75, 3.05) is 18.8 Å². The highest BCUT2D eigenvalue weighted by Crippen LogP contribution is 2.30. The summed E-state index contributed by atoms with van der Waals surface area (Å²) in [6.45, 7) is 2.89. The van der Waals surface area contributed by atoms with Crippen molar-refractivity contribution in [1.82, 2.24) is 14.4 Å². The van der Waals surface area contributed by atoms with E-state index in [2.05, 4.69) is 10.1 Å². The third-order valence-corrected chi connectivity index (χ3v) is 6.85. The minimum atomic E-state index is -3.17. The maximum atomic E-state index is 12.7. The van der Waals surface area contributed by atoms with Gasteiger partial charge < -0.3 is 4.52 Å². The van der Waals surface area contributed by atoms with Gasteiger partial charge in [-0.15, -0.1) is 0 Å². The van der Waals surface area contributed by atoms with Crippen LogP contribution in [-0.2, 0) is 10.0 Å². The van der Waals surface area contributed by atoms with Crippen molar-refractivity contribution in [3.05, 3.63) is 11.7 Å². The zero-order chi connectivity index (χ0) is 15.6. The van der Waals surface area contributed by atoms with E-state index in [1.54, 1.807) is 11.2 Å². The van der Waals surface area contributed by atoms with Crippen LogP contribution in [0.2, 0.25) is 0 Å². The molecule has 3 rings (SSSR count). The Morgan fingerprint density at radius 3 is 2.64 bits per heavy atom. The minimum absolute atomic E-state index is 0.0380. The van der Waals surface area contributed by atoms with Gasteiger partial charge >= 0.3 is 0 Å². The van der Waals surface area contributed by atoms with Crippen LogP contribution < -0.4 is 0 Å². The second-order valence-electron chi connectivity index (χ2n) is 6.66. The molecule has 0 aromatic carbocycles. The van der Waals surface area contributed by atoms with Crippen LogP contribution in [-0.4, -0.2) is 41.7 Å². The fraction of sp³-hybridized carbons (Fsp3) is 0.867. The quantitative estimate of drug-likeness (QED) is 0.849. The molecule has 0 bridgehead atoms. The maximum Gasteiger partial charge on any atom is 0.231 e. The summed E-state index contributed by atoms with van der Waals surface area (Å²) in [6.07, 6.45) is 7.47. The maximum absolute atomic E-state index is 12.7. The van der Waals surface area contributed by atoms with Gasteiger partial charge in [0.1, 0.15) is 0 Å². The predicted octanol–water partition coefficient (Wildman–Crippen LogP) is 2.47. The molecular weight excluding hydrogens is 302 g/mol. The van der Waals surface area contributed by atoms with Crippen molar-refractivity contribution in [3.8, 4) is 0 Å². The molecule has 7 heteroatoms. The fourth-order valence-corrected chi connectivity index (χ4v) is 5.59. The Morgan fingerprint density at radius 1 is 1.18 bits per heavy atom. The highest BCUT2D eigenvalue weighted by atomic mass is 32.2. The summed E-state index contributed by atoms with van der Waals surface area (Å²) in [7, 11) is -3.17. The zero-order valence-electron chi connectivity index (χ0n) is 13.2. The second kappa shape index (κ2) is 6.66. The Balaban J connectivity index is 1.65. The van der Waals surface area contributed by atoms with Crippen molar-refractivity contribution in [1.29, 1.82) is 0 Å². The summed E-state index contributed by atoms with van der Waals surface area (Å²) in [5, 5.41) is 3.82. The molecule has 1 aromatic heterocycles. The Morgan fingerprint density at radius 2 is 1.95 bits per heavy atom. The third kappa shape index (κ3) is 3.68. The Kier molecular flexibility index (Phi) is 4.82. The monoisotopic (exact) mass is 327 g/mol. The lowest BCUT2D eigenvalue weighted by Crippen LogP contribution is -2.41. The van der Waals surface area contributed by atoms with Crippen molar-refractivity contribution >= 4 is 10.0 Å². The third-order valence-electron chi connectivity index (χ3n) is 4.84. The molecule has 1 saturated heterocycles. The molecule has 0 amide bonds. The van der Waals surface area contributed by atoms with Gasteiger partial charge in [0.2, 0.25) is 15.9 Å². The summed E-state index contributed by atoms with van der Waals surface area (Å²) in [6, 6.07) is 0. The Bertz CT molecular complexity index is 593. The largest absolute Gasteiger partial charge is 0.339 e. The van der Waals surface area contributed by atoms with Crippen molar-refractivity contribution in [2.24, 2.45) is 5.92 Å². The molecule has 6 nitrogen and oxygen atoms in total. The molecule has 2 fully saturated rings. The molecule has 0 N–H and O–H groups in total. The van der Waals surface area contributed by atoms with Crippen LogP contribution in [0.3, 0.4) is 0 Å². The molecule has 0 radical (unpaired) electrons. The van der Waals surface area contributed by atoms with Gasteiger partial charge in [-0.3, -0.25) is 0 Å². The molecule has 22 heavy (non-hydrogen) atoms. The van der Waals surface area contributed by atoms with Gasteiger partial charge in [-0.1, -0.05) is 24.4 Å². The fourth-order valence-electron chi connectivity index (χ4n) is 3.63. The first-order valence-corrected chi connectivity index (χ1v) is 9.93. The van der Waals surface area contributed by atoms with Crippen LogP contribution >= 0.6 is 0 Å². The molecule has 124 valence electrons. The summed E-state index contributed by atoms with van der Waals surface area (Å²) in [4.78, 5) is 4.27. The molecule has 2 heterocycles.